The number of nitrogens with zero attached hydrogens (tertiary/aromatic N) is 3. The van der Waals surface area contributed by atoms with E-state index >= 15 is 0 Å². The van der Waals surface area contributed by atoms with Gasteiger partial charge in [-0.25, -0.2) is 4.39 Å². The van der Waals surface area contributed by atoms with Crippen LogP contribution in [0.15, 0.2) is 23.3 Å². The minimum absolute atomic E-state index is 0.225. The molecule has 1 aliphatic heterocycles. The van der Waals surface area contributed by atoms with Crippen LogP contribution in [0.3, 0.4) is 0 Å². The molecule has 1 aromatic rings. The number of nitrogens with one attached hydrogen (secondary N) is 1. The summed E-state index contributed by atoms with van der Waals surface area (Å²) in [6.45, 7) is 1.28. The van der Waals surface area contributed by atoms with Crippen LogP contribution in [0.1, 0.15) is 17.9 Å². The molecule has 0 amide bonds. The fourth-order valence-corrected chi connectivity index (χ4v) is 1.90. The van der Waals surface area contributed by atoms with Gasteiger partial charge < -0.3 is 5.32 Å². The average Bonchev–Trinajstić information content (AvgIpc) is 2.61. The molecule has 5 heteroatoms. The van der Waals surface area contributed by atoms with Crippen molar-refractivity contribution in [2.45, 2.75) is 12.3 Å². The maximum Gasteiger partial charge on any atom is 0.125 e. The lowest BCUT2D eigenvalue weighted by molar-refractivity contribution is 0.627. The largest absolute Gasteiger partial charge is 0.384 e. The van der Waals surface area contributed by atoms with Gasteiger partial charge in [0.1, 0.15) is 5.82 Å². The van der Waals surface area contributed by atoms with Gasteiger partial charge in [-0.2, -0.15) is 0 Å². The molecule has 78 valence electrons. The molecule has 0 aliphatic carbocycles. The summed E-state index contributed by atoms with van der Waals surface area (Å²) in [5.41, 5.74) is 10.1. The summed E-state index contributed by atoms with van der Waals surface area (Å²) in [7, 11) is 0. The highest BCUT2D eigenvalue weighted by molar-refractivity contribution is 5.57. The third-order valence-electron chi connectivity index (χ3n) is 2.63. The Morgan fingerprint density at radius 2 is 2.47 bits per heavy atom. The van der Waals surface area contributed by atoms with Gasteiger partial charge in [0, 0.05) is 29.6 Å². The quantitative estimate of drug-likeness (QED) is 0.461. The van der Waals surface area contributed by atoms with Crippen molar-refractivity contribution in [1.29, 1.82) is 0 Å². The van der Waals surface area contributed by atoms with E-state index in [0.29, 0.717) is 12.5 Å². The second kappa shape index (κ2) is 4.19. The molecule has 0 spiro atoms. The van der Waals surface area contributed by atoms with Gasteiger partial charge in [0.2, 0.25) is 0 Å². The Hall–Kier alpha value is -1.74. The van der Waals surface area contributed by atoms with Crippen molar-refractivity contribution in [3.63, 3.8) is 0 Å². The molecule has 0 bridgehead atoms. The van der Waals surface area contributed by atoms with Crippen LogP contribution in [-0.2, 0) is 0 Å². The number of anilines is 1. The van der Waals surface area contributed by atoms with Crippen molar-refractivity contribution in [2.75, 3.05) is 18.4 Å². The van der Waals surface area contributed by atoms with E-state index in [-0.39, 0.29) is 5.82 Å². The smallest absolute Gasteiger partial charge is 0.125 e. The number of hydrogen-bond donors (Lipinski definition) is 1. The van der Waals surface area contributed by atoms with E-state index in [0.717, 1.165) is 24.2 Å². The van der Waals surface area contributed by atoms with Crippen molar-refractivity contribution in [2.24, 2.45) is 5.11 Å². The molecule has 1 N–H and O–H groups in total. The predicted molar refractivity (Wildman–Crippen MR) is 56.3 cm³/mol. The fraction of sp³-hybridized carbons (Fsp3) is 0.400. The van der Waals surface area contributed by atoms with Gasteiger partial charge in [0.15, 0.2) is 0 Å². The first-order valence-corrected chi connectivity index (χ1v) is 4.85. The van der Waals surface area contributed by atoms with Crippen molar-refractivity contribution < 1.29 is 4.39 Å². The van der Waals surface area contributed by atoms with Crippen LogP contribution in [0.25, 0.3) is 10.4 Å². The zero-order chi connectivity index (χ0) is 10.7. The Balaban J connectivity index is 2.11. The van der Waals surface area contributed by atoms with Gasteiger partial charge in [0.05, 0.1) is 0 Å². The summed E-state index contributed by atoms with van der Waals surface area (Å²) >= 11 is 0. The van der Waals surface area contributed by atoms with E-state index in [1.807, 2.05) is 0 Å². The van der Waals surface area contributed by atoms with Gasteiger partial charge in [-0.1, -0.05) is 11.2 Å². The highest BCUT2D eigenvalue weighted by Crippen LogP contribution is 2.33. The molecule has 1 atom stereocenters. The van der Waals surface area contributed by atoms with Gasteiger partial charge >= 0.3 is 0 Å². The van der Waals surface area contributed by atoms with Crippen molar-refractivity contribution in [3.8, 4) is 0 Å². The van der Waals surface area contributed by atoms with E-state index in [9.17, 15) is 4.39 Å². The van der Waals surface area contributed by atoms with Gasteiger partial charge in [-0.3, -0.25) is 0 Å². The molecule has 1 unspecified atom stereocenters. The van der Waals surface area contributed by atoms with E-state index in [1.165, 1.54) is 12.1 Å². The first kappa shape index (κ1) is 9.80. The van der Waals surface area contributed by atoms with Crippen molar-refractivity contribution >= 4 is 5.69 Å². The van der Waals surface area contributed by atoms with Crippen molar-refractivity contribution in [3.05, 3.63) is 40.0 Å². The number of hydrogen-bond acceptors (Lipinski definition) is 2. The molecule has 1 aliphatic rings. The van der Waals surface area contributed by atoms with Crippen molar-refractivity contribution in [1.82, 2.24) is 0 Å². The number of azide groups is 1. The zero-order valence-electron chi connectivity index (χ0n) is 8.15. The topological polar surface area (TPSA) is 60.8 Å². The second-order valence-corrected chi connectivity index (χ2v) is 3.55. The Bertz CT molecular complexity index is 412. The molecule has 4 nitrogen and oxygen atoms in total. The number of benzene rings is 1. The second-order valence-electron chi connectivity index (χ2n) is 3.55. The molecule has 0 aromatic heterocycles. The molecular formula is C10H11FN4. The van der Waals surface area contributed by atoms with Crippen LogP contribution in [0.2, 0.25) is 0 Å². The molecule has 1 aromatic carbocycles. The maximum atomic E-state index is 12.9. The molecule has 0 fully saturated rings. The number of halogens is 1. The van der Waals surface area contributed by atoms with Crippen LogP contribution >= 0.6 is 0 Å². The standard InChI is InChI=1S/C10H11FN4/c11-8-1-2-9-7(3-4-14-15-12)6-13-10(9)5-8/h1-2,5,7,13H,3-4,6H2. The summed E-state index contributed by atoms with van der Waals surface area (Å²) in [5.74, 6) is 0.100. The number of rotatable bonds is 3. The Morgan fingerprint density at radius 1 is 1.60 bits per heavy atom. The summed E-state index contributed by atoms with van der Waals surface area (Å²) in [4.78, 5) is 2.71. The summed E-state index contributed by atoms with van der Waals surface area (Å²) < 4.78 is 12.9. The minimum atomic E-state index is -0.225. The number of fused-ring (bicyclic) bond motifs is 1. The molecule has 1 heterocycles. The van der Waals surface area contributed by atoms with E-state index in [2.05, 4.69) is 15.3 Å². The summed E-state index contributed by atoms with van der Waals surface area (Å²) in [5, 5.41) is 6.65. The third-order valence-corrected chi connectivity index (χ3v) is 2.63. The zero-order valence-corrected chi connectivity index (χ0v) is 8.15. The Kier molecular flexibility index (Phi) is 2.74. The lowest BCUT2D eigenvalue weighted by Gasteiger charge is -2.07. The SMILES string of the molecule is [N-]=[N+]=NCCC1CNc2cc(F)ccc21. The lowest BCUT2D eigenvalue weighted by atomic mass is 9.98. The molecule has 2 rings (SSSR count). The first-order valence-electron chi connectivity index (χ1n) is 4.85. The first-order chi connectivity index (χ1) is 7.31. The van der Waals surface area contributed by atoms with E-state index in [4.69, 9.17) is 5.53 Å². The van der Waals surface area contributed by atoms with E-state index < -0.39 is 0 Å². The van der Waals surface area contributed by atoms with E-state index in [1.54, 1.807) is 6.07 Å². The summed E-state index contributed by atoms with van der Waals surface area (Å²) in [6, 6.07) is 4.76. The average molecular weight is 206 g/mol. The van der Waals surface area contributed by atoms with Crippen LogP contribution in [0, 0.1) is 5.82 Å². The molecule has 0 radical (unpaired) electrons. The monoisotopic (exact) mass is 206 g/mol. The fourth-order valence-electron chi connectivity index (χ4n) is 1.90. The Labute approximate surface area is 86.7 Å². The van der Waals surface area contributed by atoms with Crippen LogP contribution in [-0.4, -0.2) is 13.1 Å². The highest BCUT2D eigenvalue weighted by atomic mass is 19.1. The highest BCUT2D eigenvalue weighted by Gasteiger charge is 2.21. The van der Waals surface area contributed by atoms with Gasteiger partial charge in [0.25, 0.3) is 0 Å². The maximum absolute atomic E-state index is 12.9. The molecule has 0 saturated carbocycles. The Morgan fingerprint density at radius 3 is 3.27 bits per heavy atom. The molecular weight excluding hydrogens is 195 g/mol. The predicted octanol–water partition coefficient (Wildman–Crippen LogP) is 3.04. The summed E-state index contributed by atoms with van der Waals surface area (Å²) in [6.07, 6.45) is 0.801. The van der Waals surface area contributed by atoms with Gasteiger partial charge in [-0.05, 0) is 29.6 Å². The normalized spacial score (nSPS) is 17.8. The molecule has 15 heavy (non-hydrogen) atoms. The van der Waals surface area contributed by atoms with Crippen LogP contribution in [0.4, 0.5) is 10.1 Å². The van der Waals surface area contributed by atoms with Crippen LogP contribution < -0.4 is 5.32 Å². The van der Waals surface area contributed by atoms with Crippen LogP contribution in [0.5, 0.6) is 0 Å². The van der Waals surface area contributed by atoms with Gasteiger partial charge in [-0.15, -0.1) is 0 Å². The minimum Gasteiger partial charge on any atom is -0.384 e. The molecule has 0 saturated heterocycles. The lowest BCUT2D eigenvalue weighted by Crippen LogP contribution is -2.02. The third kappa shape index (κ3) is 2.02.